The summed E-state index contributed by atoms with van der Waals surface area (Å²) in [4.78, 5) is 0. The van der Waals surface area contributed by atoms with E-state index in [2.05, 4.69) is 76.0 Å². The number of para-hydroxylation sites is 1. The number of fused-ring (bicyclic) bond motifs is 1. The quantitative estimate of drug-likeness (QED) is 0.600. The number of aromatic nitrogens is 2. The fourth-order valence-corrected chi connectivity index (χ4v) is 3.42. The molecule has 2 aromatic carbocycles. The largest absolute Gasteiger partial charge is 1.00 e. The molecule has 0 radical (unpaired) electrons. The molecule has 1 aliphatic heterocycles. The molecule has 0 unspecified atom stereocenters. The number of benzene rings is 2. The van der Waals surface area contributed by atoms with E-state index in [9.17, 15) is 0 Å². The second-order valence-electron chi connectivity index (χ2n) is 5.96. The highest BCUT2D eigenvalue weighted by atomic mass is 79.9. The van der Waals surface area contributed by atoms with Crippen LogP contribution in [-0.2, 0) is 13.0 Å². The summed E-state index contributed by atoms with van der Waals surface area (Å²) in [5.41, 5.74) is 3.90. The fraction of sp³-hybridized carbons (Fsp3) is 0.250. The molecule has 0 N–H and O–H groups in total. The van der Waals surface area contributed by atoms with Crippen molar-refractivity contribution in [1.82, 2.24) is 4.57 Å². The van der Waals surface area contributed by atoms with Crippen LogP contribution in [0.5, 0.6) is 0 Å². The molecule has 0 fully saturated rings. The number of imidazole rings is 1. The summed E-state index contributed by atoms with van der Waals surface area (Å²) in [5.74, 6) is 1.43. The molecule has 1 aromatic heterocycles. The van der Waals surface area contributed by atoms with E-state index in [0.29, 0.717) is 0 Å². The summed E-state index contributed by atoms with van der Waals surface area (Å²) < 4.78 is 4.91. The average Bonchev–Trinajstić information content (AvgIpc) is 2.78. The Balaban J connectivity index is 0.00000156. The molecule has 0 spiro atoms. The van der Waals surface area contributed by atoms with Crippen LogP contribution >= 0.6 is 0 Å². The highest BCUT2D eigenvalue weighted by molar-refractivity contribution is 5.56. The van der Waals surface area contributed by atoms with Crippen molar-refractivity contribution in [1.29, 1.82) is 0 Å². The monoisotopic (exact) mass is 368 g/mol. The predicted molar refractivity (Wildman–Crippen MR) is 89.0 cm³/mol. The highest BCUT2D eigenvalue weighted by Crippen LogP contribution is 2.23. The van der Waals surface area contributed by atoms with E-state index in [-0.39, 0.29) is 17.0 Å². The Morgan fingerprint density at radius 2 is 1.48 bits per heavy atom. The molecule has 3 heteroatoms. The molecule has 2 heterocycles. The van der Waals surface area contributed by atoms with Crippen molar-refractivity contribution in [2.24, 2.45) is 0 Å². The molecule has 0 saturated heterocycles. The van der Waals surface area contributed by atoms with Crippen LogP contribution in [0.1, 0.15) is 25.1 Å². The summed E-state index contributed by atoms with van der Waals surface area (Å²) in [7, 11) is 0. The third-order valence-corrected chi connectivity index (χ3v) is 4.52. The Labute approximate surface area is 148 Å². The minimum Gasteiger partial charge on any atom is -1.00 e. The van der Waals surface area contributed by atoms with Crippen LogP contribution < -0.4 is 21.5 Å². The molecule has 0 aliphatic carbocycles. The Morgan fingerprint density at radius 3 is 2.22 bits per heavy atom. The molecule has 0 amide bonds. The van der Waals surface area contributed by atoms with E-state index in [0.717, 1.165) is 13.0 Å². The van der Waals surface area contributed by atoms with E-state index in [1.807, 2.05) is 0 Å². The Morgan fingerprint density at radius 1 is 0.783 bits per heavy atom. The van der Waals surface area contributed by atoms with Gasteiger partial charge in [0.25, 0.3) is 5.82 Å². The van der Waals surface area contributed by atoms with Crippen molar-refractivity contribution in [3.63, 3.8) is 0 Å². The van der Waals surface area contributed by atoms with Crippen LogP contribution in [0.15, 0.2) is 66.9 Å². The summed E-state index contributed by atoms with van der Waals surface area (Å²) in [6, 6.07) is 21.5. The zero-order chi connectivity index (χ0) is 14.8. The lowest BCUT2D eigenvalue weighted by Crippen LogP contribution is -3.00. The molecule has 1 aliphatic rings. The van der Waals surface area contributed by atoms with Gasteiger partial charge < -0.3 is 17.0 Å². The van der Waals surface area contributed by atoms with E-state index in [1.165, 1.54) is 42.0 Å². The minimum absolute atomic E-state index is 0. The van der Waals surface area contributed by atoms with Gasteiger partial charge in [0, 0.05) is 12.0 Å². The van der Waals surface area contributed by atoms with Crippen LogP contribution in [0.2, 0.25) is 0 Å². The van der Waals surface area contributed by atoms with Crippen LogP contribution in [-0.4, -0.2) is 4.57 Å². The third kappa shape index (κ3) is 3.11. The Kier molecular flexibility index (Phi) is 4.97. The van der Waals surface area contributed by atoms with Gasteiger partial charge in [-0.25, -0.2) is 4.57 Å². The summed E-state index contributed by atoms with van der Waals surface area (Å²) in [6.07, 6.45) is 7.35. The maximum Gasteiger partial charge on any atom is 0.262 e. The van der Waals surface area contributed by atoms with Gasteiger partial charge in [0.15, 0.2) is 5.69 Å². The maximum absolute atomic E-state index is 2.52. The van der Waals surface area contributed by atoms with Crippen LogP contribution in [0.25, 0.3) is 16.9 Å². The van der Waals surface area contributed by atoms with Crippen LogP contribution in [0, 0.1) is 0 Å². The first-order valence-corrected chi connectivity index (χ1v) is 8.18. The lowest BCUT2D eigenvalue weighted by molar-refractivity contribution is -0.692. The molecule has 23 heavy (non-hydrogen) atoms. The number of nitrogens with zero attached hydrogens (tertiary/aromatic N) is 2. The van der Waals surface area contributed by atoms with Gasteiger partial charge in [-0.1, -0.05) is 48.5 Å². The first-order chi connectivity index (χ1) is 10.9. The zero-order valence-electron chi connectivity index (χ0n) is 13.2. The highest BCUT2D eigenvalue weighted by Gasteiger charge is 2.26. The number of halogens is 1. The second kappa shape index (κ2) is 7.14. The standard InChI is InChI=1S/C20H21N2.BrH/c1-4-10-17(11-5-1)19-16-22(18-12-6-2-7-13-18)20-14-8-3-9-15-21(19)20;/h1-2,4-7,10-13,16H,3,8-9,14-15H2;1H/q+1;/p-1. The van der Waals surface area contributed by atoms with E-state index in [1.54, 1.807) is 0 Å². The van der Waals surface area contributed by atoms with Gasteiger partial charge in [-0.3, -0.25) is 0 Å². The molecule has 0 saturated carbocycles. The minimum atomic E-state index is 0. The molecule has 3 aromatic rings. The first-order valence-electron chi connectivity index (χ1n) is 8.18. The molecule has 2 nitrogen and oxygen atoms in total. The van der Waals surface area contributed by atoms with Gasteiger partial charge in [0.05, 0.1) is 6.54 Å². The normalized spacial score (nSPS) is 13.7. The van der Waals surface area contributed by atoms with Gasteiger partial charge in [-0.15, -0.1) is 0 Å². The fourth-order valence-electron chi connectivity index (χ4n) is 3.42. The summed E-state index contributed by atoms with van der Waals surface area (Å²) in [5, 5.41) is 0. The Bertz CT molecular complexity index is 699. The molecule has 0 bridgehead atoms. The van der Waals surface area contributed by atoms with Gasteiger partial charge in [0.2, 0.25) is 0 Å². The van der Waals surface area contributed by atoms with Crippen molar-refractivity contribution in [2.45, 2.75) is 32.2 Å². The first kappa shape index (κ1) is 16.0. The number of hydrogen-bond donors (Lipinski definition) is 0. The lowest BCUT2D eigenvalue weighted by atomic mass is 10.1. The average molecular weight is 369 g/mol. The summed E-state index contributed by atoms with van der Waals surface area (Å²) in [6.45, 7) is 1.12. The van der Waals surface area contributed by atoms with Crippen molar-refractivity contribution in [3.8, 4) is 16.9 Å². The Hall–Kier alpha value is -1.87. The number of hydrogen-bond acceptors (Lipinski definition) is 0. The molecule has 0 atom stereocenters. The van der Waals surface area contributed by atoms with Crippen molar-refractivity contribution >= 4 is 0 Å². The van der Waals surface area contributed by atoms with Crippen LogP contribution in [0.3, 0.4) is 0 Å². The predicted octanol–water partition coefficient (Wildman–Crippen LogP) is 1.16. The zero-order valence-corrected chi connectivity index (χ0v) is 14.7. The molecular weight excluding hydrogens is 348 g/mol. The second-order valence-corrected chi connectivity index (χ2v) is 5.96. The van der Waals surface area contributed by atoms with Crippen LogP contribution in [0.4, 0.5) is 0 Å². The third-order valence-electron chi connectivity index (χ3n) is 4.52. The van der Waals surface area contributed by atoms with E-state index in [4.69, 9.17) is 0 Å². The van der Waals surface area contributed by atoms with Gasteiger partial charge in [0.1, 0.15) is 11.9 Å². The number of rotatable bonds is 2. The smallest absolute Gasteiger partial charge is 0.262 e. The SMILES string of the molecule is [Br-].c1ccc(-c2cn(-c3ccccc3)c3[n+]2CCCCC3)cc1. The summed E-state index contributed by atoms with van der Waals surface area (Å²) >= 11 is 0. The van der Waals surface area contributed by atoms with Gasteiger partial charge in [-0.2, -0.15) is 4.57 Å². The van der Waals surface area contributed by atoms with Crippen molar-refractivity contribution in [3.05, 3.63) is 72.7 Å². The van der Waals surface area contributed by atoms with Crippen molar-refractivity contribution in [2.75, 3.05) is 0 Å². The molecular formula is C20H21BrN2. The molecule has 118 valence electrons. The van der Waals surface area contributed by atoms with Gasteiger partial charge >= 0.3 is 0 Å². The lowest BCUT2D eigenvalue weighted by Gasteiger charge is -2.02. The topological polar surface area (TPSA) is 8.81 Å². The van der Waals surface area contributed by atoms with Gasteiger partial charge in [-0.05, 0) is 31.4 Å². The van der Waals surface area contributed by atoms with E-state index < -0.39 is 0 Å². The maximum atomic E-state index is 2.52. The van der Waals surface area contributed by atoms with E-state index >= 15 is 0 Å². The molecule has 4 rings (SSSR count). The van der Waals surface area contributed by atoms with Crippen molar-refractivity contribution < 1.29 is 21.5 Å².